The molecule has 4 heteroatoms. The first-order chi connectivity index (χ1) is 30.7. The van der Waals surface area contributed by atoms with Crippen molar-refractivity contribution in [3.8, 4) is 78.7 Å². The Hall–Kier alpha value is -8.21. The molecule has 0 fully saturated rings. The molecule has 2 heterocycles. The molecule has 0 saturated heterocycles. The fourth-order valence-corrected chi connectivity index (χ4v) is 10.3. The Kier molecular flexibility index (Phi) is 7.49. The summed E-state index contributed by atoms with van der Waals surface area (Å²) >= 11 is 0. The Balaban J connectivity index is 0.945. The van der Waals surface area contributed by atoms with Crippen molar-refractivity contribution in [3.05, 3.63) is 235 Å². The van der Waals surface area contributed by atoms with Gasteiger partial charge < -0.3 is 4.42 Å². The minimum Gasteiger partial charge on any atom is -0.455 e. The summed E-state index contributed by atoms with van der Waals surface area (Å²) in [5, 5.41) is 2.20. The molecule has 11 aromatic rings. The van der Waals surface area contributed by atoms with Crippen LogP contribution in [0.5, 0.6) is 0 Å². The largest absolute Gasteiger partial charge is 0.455 e. The lowest BCUT2D eigenvalue weighted by Crippen LogP contribution is -2.26. The third-order valence-corrected chi connectivity index (χ3v) is 13.0. The first-order valence-electron chi connectivity index (χ1n) is 21.1. The maximum atomic E-state index is 6.44. The van der Waals surface area contributed by atoms with Gasteiger partial charge in [-0.3, -0.25) is 0 Å². The number of benzene rings is 9. The quantitative estimate of drug-likeness (QED) is 0.174. The lowest BCUT2D eigenvalue weighted by atomic mass is 9.68. The molecular formula is C58H35N3O. The summed E-state index contributed by atoms with van der Waals surface area (Å²) < 4.78 is 6.44. The summed E-state index contributed by atoms with van der Waals surface area (Å²) in [6, 6.07) is 75.6. The van der Waals surface area contributed by atoms with E-state index in [2.05, 4.69) is 170 Å². The molecule has 0 aliphatic heterocycles. The second-order valence-electron chi connectivity index (χ2n) is 16.2. The van der Waals surface area contributed by atoms with Crippen molar-refractivity contribution < 1.29 is 4.42 Å². The Labute approximate surface area is 358 Å². The summed E-state index contributed by atoms with van der Waals surface area (Å²) in [6.07, 6.45) is 0. The van der Waals surface area contributed by atoms with Crippen LogP contribution in [-0.4, -0.2) is 15.0 Å². The fourth-order valence-electron chi connectivity index (χ4n) is 10.3. The van der Waals surface area contributed by atoms with Gasteiger partial charge in [-0.15, -0.1) is 0 Å². The SMILES string of the molecule is c1ccc(-c2nc(-c3ccc(-c4cccc5c4C4(c6ccccc6-c6ccccc64)c4ccccc4-5)cc3)nc(-c3cccc(-c4cccc5c4oc4ccccc45)c3)n2)cc1. The van der Waals surface area contributed by atoms with Crippen LogP contribution in [0.1, 0.15) is 22.3 Å². The predicted molar refractivity (Wildman–Crippen MR) is 251 cm³/mol. The Morgan fingerprint density at radius 2 is 0.758 bits per heavy atom. The van der Waals surface area contributed by atoms with Gasteiger partial charge in [-0.05, 0) is 73.3 Å². The van der Waals surface area contributed by atoms with E-state index in [1.165, 1.54) is 50.1 Å². The highest BCUT2D eigenvalue weighted by Gasteiger charge is 2.52. The maximum Gasteiger partial charge on any atom is 0.164 e. The van der Waals surface area contributed by atoms with Gasteiger partial charge in [-0.25, -0.2) is 15.0 Å². The van der Waals surface area contributed by atoms with Crippen molar-refractivity contribution in [2.24, 2.45) is 0 Å². The zero-order valence-corrected chi connectivity index (χ0v) is 33.5. The number of nitrogens with zero attached hydrogens (tertiary/aromatic N) is 3. The average Bonchev–Trinajstić information content (AvgIpc) is 3.99. The standard InChI is InChI=1S/C58H35N3O/c1-2-15-37(16-3-1)55-59-56(61-57(60-55)40-18-12-17-39(35-40)42-24-14-26-48-46-22-7-11-30-52(46)62-54(42)48)38-33-31-36(32-34-38)41-23-13-25-47-45-21-6-10-29-51(45)58(53(41)47)49-27-8-4-19-43(49)44-20-5-9-28-50(44)58/h1-35H. The van der Waals surface area contributed by atoms with Gasteiger partial charge in [0.1, 0.15) is 11.2 Å². The van der Waals surface area contributed by atoms with Crippen molar-refractivity contribution in [1.29, 1.82) is 0 Å². The molecule has 62 heavy (non-hydrogen) atoms. The van der Waals surface area contributed by atoms with Crippen molar-refractivity contribution in [2.45, 2.75) is 5.41 Å². The van der Waals surface area contributed by atoms with Crippen LogP contribution in [-0.2, 0) is 5.41 Å². The van der Waals surface area contributed by atoms with E-state index in [1.807, 2.05) is 42.5 Å². The third-order valence-electron chi connectivity index (χ3n) is 13.0. The van der Waals surface area contributed by atoms with Crippen LogP contribution >= 0.6 is 0 Å². The summed E-state index contributed by atoms with van der Waals surface area (Å²) in [4.78, 5) is 15.4. The first-order valence-corrected chi connectivity index (χ1v) is 21.1. The molecule has 0 saturated carbocycles. The van der Waals surface area contributed by atoms with Crippen molar-refractivity contribution >= 4 is 21.9 Å². The smallest absolute Gasteiger partial charge is 0.164 e. The van der Waals surface area contributed by atoms with Crippen LogP contribution in [0.25, 0.3) is 101 Å². The monoisotopic (exact) mass is 789 g/mol. The number of furan rings is 1. The number of rotatable bonds is 5. The lowest BCUT2D eigenvalue weighted by molar-refractivity contribution is 0.670. The molecule has 1 spiro atoms. The summed E-state index contributed by atoms with van der Waals surface area (Å²) in [5.74, 6) is 1.85. The Morgan fingerprint density at radius 1 is 0.306 bits per heavy atom. The summed E-state index contributed by atoms with van der Waals surface area (Å²) in [6.45, 7) is 0. The van der Waals surface area contributed by atoms with Crippen molar-refractivity contribution in [3.63, 3.8) is 0 Å². The van der Waals surface area contributed by atoms with Gasteiger partial charge in [-0.2, -0.15) is 0 Å². The van der Waals surface area contributed by atoms with Crippen LogP contribution in [0.3, 0.4) is 0 Å². The van der Waals surface area contributed by atoms with Gasteiger partial charge >= 0.3 is 0 Å². The van der Waals surface area contributed by atoms with E-state index >= 15 is 0 Å². The first kappa shape index (κ1) is 34.6. The third kappa shape index (κ3) is 4.98. The molecule has 0 bridgehead atoms. The lowest BCUT2D eigenvalue weighted by Gasteiger charge is -2.32. The highest BCUT2D eigenvalue weighted by atomic mass is 16.3. The predicted octanol–water partition coefficient (Wildman–Crippen LogP) is 14.4. The van der Waals surface area contributed by atoms with Gasteiger partial charge in [0, 0.05) is 33.0 Å². The number of hydrogen-bond donors (Lipinski definition) is 0. The van der Waals surface area contributed by atoms with Crippen molar-refractivity contribution in [1.82, 2.24) is 15.0 Å². The molecule has 2 aliphatic rings. The van der Waals surface area contributed by atoms with E-state index < -0.39 is 5.41 Å². The van der Waals surface area contributed by atoms with Gasteiger partial charge in [0.15, 0.2) is 17.5 Å². The highest BCUT2D eigenvalue weighted by molar-refractivity contribution is 6.09. The molecular weight excluding hydrogens is 755 g/mol. The molecule has 2 aromatic heterocycles. The number of fused-ring (bicyclic) bond motifs is 13. The summed E-state index contributed by atoms with van der Waals surface area (Å²) in [5.41, 5.74) is 19.0. The van der Waals surface area contributed by atoms with Crippen LogP contribution in [0.4, 0.5) is 0 Å². The fraction of sp³-hybridized carbons (Fsp3) is 0.0172. The zero-order chi connectivity index (χ0) is 40.8. The van der Waals surface area contributed by atoms with E-state index in [0.717, 1.165) is 55.3 Å². The number of hydrogen-bond acceptors (Lipinski definition) is 4. The van der Waals surface area contributed by atoms with Gasteiger partial charge in [0.05, 0.1) is 5.41 Å². The number of para-hydroxylation sites is 2. The molecule has 0 N–H and O–H groups in total. The Bertz CT molecular complexity index is 3520. The van der Waals surface area contributed by atoms with Crippen LogP contribution < -0.4 is 0 Å². The van der Waals surface area contributed by atoms with E-state index in [1.54, 1.807) is 0 Å². The molecule has 13 rings (SSSR count). The molecule has 4 nitrogen and oxygen atoms in total. The number of aromatic nitrogens is 3. The zero-order valence-electron chi connectivity index (χ0n) is 33.5. The normalized spacial score (nSPS) is 13.0. The summed E-state index contributed by atoms with van der Waals surface area (Å²) in [7, 11) is 0. The topological polar surface area (TPSA) is 51.8 Å². The van der Waals surface area contributed by atoms with Gasteiger partial charge in [0.25, 0.3) is 0 Å². The molecule has 0 radical (unpaired) electrons. The maximum absolute atomic E-state index is 6.44. The Morgan fingerprint density at radius 3 is 1.47 bits per heavy atom. The molecule has 0 unspecified atom stereocenters. The molecule has 288 valence electrons. The van der Waals surface area contributed by atoms with E-state index in [4.69, 9.17) is 19.4 Å². The van der Waals surface area contributed by atoms with Crippen LogP contribution in [0.2, 0.25) is 0 Å². The molecule has 0 atom stereocenters. The highest BCUT2D eigenvalue weighted by Crippen LogP contribution is 2.64. The van der Waals surface area contributed by atoms with Gasteiger partial charge in [0.2, 0.25) is 0 Å². The second-order valence-corrected chi connectivity index (χ2v) is 16.2. The molecule has 9 aromatic carbocycles. The van der Waals surface area contributed by atoms with Gasteiger partial charge in [-0.1, -0.05) is 200 Å². The van der Waals surface area contributed by atoms with E-state index in [0.29, 0.717) is 17.5 Å². The van der Waals surface area contributed by atoms with Crippen molar-refractivity contribution in [2.75, 3.05) is 0 Å². The minimum atomic E-state index is -0.438. The average molecular weight is 790 g/mol. The van der Waals surface area contributed by atoms with E-state index in [-0.39, 0.29) is 0 Å². The molecule has 2 aliphatic carbocycles. The second kappa shape index (κ2) is 13.4. The van der Waals surface area contributed by atoms with Crippen LogP contribution in [0, 0.1) is 0 Å². The molecule has 0 amide bonds. The van der Waals surface area contributed by atoms with Crippen LogP contribution in [0.15, 0.2) is 217 Å². The van der Waals surface area contributed by atoms with E-state index in [9.17, 15) is 0 Å². The minimum absolute atomic E-state index is 0.438.